The molecular weight excluding hydrogens is 446 g/mol. The van der Waals surface area contributed by atoms with Gasteiger partial charge in [-0.25, -0.2) is 0 Å². The monoisotopic (exact) mass is 475 g/mol. The lowest BCUT2D eigenvalue weighted by Gasteiger charge is -2.21. The molecule has 162 valence electrons. The van der Waals surface area contributed by atoms with Gasteiger partial charge in [0, 0.05) is 12.6 Å². The van der Waals surface area contributed by atoms with Gasteiger partial charge in [0.25, 0.3) is 0 Å². The Bertz CT molecular complexity index is 849. The van der Waals surface area contributed by atoms with E-state index in [1.165, 1.54) is 50.5 Å². The molecule has 5 nitrogen and oxygen atoms in total. The highest BCUT2D eigenvalue weighted by Gasteiger charge is 2.16. The lowest BCUT2D eigenvalue weighted by Crippen LogP contribution is -2.29. The molecule has 0 unspecified atom stereocenters. The summed E-state index contributed by atoms with van der Waals surface area (Å²) in [6.07, 6.45) is 9.34. The summed E-state index contributed by atoms with van der Waals surface area (Å²) in [6, 6.07) is 10.6. The second kappa shape index (κ2) is 10.4. The molecule has 1 aliphatic heterocycles. The average molecular weight is 476 g/mol. The van der Waals surface area contributed by atoms with E-state index in [0.717, 1.165) is 33.8 Å². The van der Waals surface area contributed by atoms with Gasteiger partial charge in [-0.05, 0) is 64.2 Å². The van der Waals surface area contributed by atoms with E-state index >= 15 is 0 Å². The number of ether oxygens (including phenoxy) is 4. The average Bonchev–Trinajstić information content (AvgIpc) is 3.19. The highest BCUT2D eigenvalue weighted by Crippen LogP contribution is 2.38. The van der Waals surface area contributed by atoms with Crippen LogP contribution in [0, 0.1) is 0 Å². The van der Waals surface area contributed by atoms with Crippen molar-refractivity contribution in [2.24, 2.45) is 0 Å². The van der Waals surface area contributed by atoms with Gasteiger partial charge in [-0.3, -0.25) is 0 Å². The minimum Gasteiger partial charge on any atom is -0.493 e. The first kappa shape index (κ1) is 21.3. The maximum Gasteiger partial charge on any atom is 0.231 e. The summed E-state index contributed by atoms with van der Waals surface area (Å²) in [5.74, 6) is 2.99. The summed E-state index contributed by atoms with van der Waals surface area (Å²) in [5.41, 5.74) is 2.21. The van der Waals surface area contributed by atoms with Crippen molar-refractivity contribution in [3.63, 3.8) is 0 Å². The SMILES string of the molecule is COc1cc(CNC2CCCCCCC2)cc(Br)c1OCc1ccc2c(c1)OCO2. The number of nitrogens with one attached hydrogen (secondary N) is 1. The van der Waals surface area contributed by atoms with Gasteiger partial charge >= 0.3 is 0 Å². The van der Waals surface area contributed by atoms with Crippen molar-refractivity contribution in [1.29, 1.82) is 0 Å². The van der Waals surface area contributed by atoms with Gasteiger partial charge in [-0.15, -0.1) is 0 Å². The van der Waals surface area contributed by atoms with Crippen LogP contribution in [-0.4, -0.2) is 19.9 Å². The number of benzene rings is 2. The first-order valence-electron chi connectivity index (χ1n) is 10.8. The Labute approximate surface area is 187 Å². The van der Waals surface area contributed by atoms with Crippen LogP contribution in [0.2, 0.25) is 0 Å². The number of fused-ring (bicyclic) bond motifs is 1. The van der Waals surface area contributed by atoms with E-state index in [9.17, 15) is 0 Å². The van der Waals surface area contributed by atoms with E-state index < -0.39 is 0 Å². The van der Waals surface area contributed by atoms with Crippen LogP contribution in [-0.2, 0) is 13.2 Å². The van der Waals surface area contributed by atoms with Crippen molar-refractivity contribution in [2.75, 3.05) is 13.9 Å². The Morgan fingerprint density at radius 2 is 1.73 bits per heavy atom. The van der Waals surface area contributed by atoms with Crippen molar-refractivity contribution in [2.45, 2.75) is 64.1 Å². The first-order chi connectivity index (χ1) is 14.7. The predicted octanol–water partition coefficient (Wildman–Crippen LogP) is 5.97. The molecule has 0 atom stereocenters. The maximum atomic E-state index is 6.10. The molecule has 0 spiro atoms. The summed E-state index contributed by atoms with van der Waals surface area (Å²) >= 11 is 3.67. The minimum atomic E-state index is 0.273. The molecule has 2 aromatic carbocycles. The third-order valence-electron chi connectivity index (χ3n) is 5.81. The molecule has 1 aliphatic carbocycles. The zero-order valence-corrected chi connectivity index (χ0v) is 19.1. The van der Waals surface area contributed by atoms with Gasteiger partial charge in [-0.2, -0.15) is 0 Å². The minimum absolute atomic E-state index is 0.273. The summed E-state index contributed by atoms with van der Waals surface area (Å²) in [4.78, 5) is 0. The van der Waals surface area contributed by atoms with Gasteiger partial charge in [0.05, 0.1) is 11.6 Å². The number of halogens is 1. The third-order valence-corrected chi connectivity index (χ3v) is 6.40. The second-order valence-electron chi connectivity index (χ2n) is 8.01. The Morgan fingerprint density at radius 3 is 2.53 bits per heavy atom. The standard InChI is InChI=1S/C24H30BrNO4/c1-27-23-13-18(14-26-19-7-5-3-2-4-6-8-19)11-20(25)24(23)28-15-17-9-10-21-22(12-17)30-16-29-21/h9-13,19,26H,2-8,14-16H2,1H3. The van der Waals surface area contributed by atoms with Crippen LogP contribution in [0.3, 0.4) is 0 Å². The van der Waals surface area contributed by atoms with Gasteiger partial charge in [-0.1, -0.05) is 38.2 Å². The van der Waals surface area contributed by atoms with Crippen LogP contribution in [0.1, 0.15) is 56.1 Å². The fourth-order valence-electron chi connectivity index (χ4n) is 4.12. The van der Waals surface area contributed by atoms with Gasteiger partial charge < -0.3 is 24.3 Å². The van der Waals surface area contributed by atoms with Crippen molar-refractivity contribution in [3.8, 4) is 23.0 Å². The van der Waals surface area contributed by atoms with Gasteiger partial charge in [0.15, 0.2) is 23.0 Å². The number of hydrogen-bond donors (Lipinski definition) is 1. The van der Waals surface area contributed by atoms with Crippen molar-refractivity contribution < 1.29 is 18.9 Å². The van der Waals surface area contributed by atoms with E-state index in [1.807, 2.05) is 18.2 Å². The predicted molar refractivity (Wildman–Crippen MR) is 121 cm³/mol. The van der Waals surface area contributed by atoms with E-state index in [4.69, 9.17) is 18.9 Å². The topological polar surface area (TPSA) is 49.0 Å². The Hall–Kier alpha value is -1.92. The smallest absolute Gasteiger partial charge is 0.231 e. The Balaban J connectivity index is 1.39. The number of methoxy groups -OCH3 is 1. The second-order valence-corrected chi connectivity index (χ2v) is 8.86. The molecule has 0 bridgehead atoms. The Kier molecular flexibility index (Phi) is 7.39. The Morgan fingerprint density at radius 1 is 0.967 bits per heavy atom. The lowest BCUT2D eigenvalue weighted by molar-refractivity contribution is 0.174. The highest BCUT2D eigenvalue weighted by molar-refractivity contribution is 9.10. The zero-order valence-electron chi connectivity index (χ0n) is 17.5. The largest absolute Gasteiger partial charge is 0.493 e. The van der Waals surface area contributed by atoms with Gasteiger partial charge in [0.2, 0.25) is 6.79 Å². The molecule has 1 fully saturated rings. The molecule has 0 radical (unpaired) electrons. The van der Waals surface area contributed by atoms with Crippen molar-refractivity contribution >= 4 is 15.9 Å². The molecule has 2 aromatic rings. The van der Waals surface area contributed by atoms with E-state index in [-0.39, 0.29) is 6.79 Å². The van der Waals surface area contributed by atoms with Gasteiger partial charge in [0.1, 0.15) is 6.61 Å². The molecule has 6 heteroatoms. The molecule has 4 rings (SSSR count). The molecule has 0 saturated heterocycles. The summed E-state index contributed by atoms with van der Waals surface area (Å²) < 4.78 is 23.4. The maximum absolute atomic E-state index is 6.10. The van der Waals surface area contributed by atoms with E-state index in [2.05, 4.69) is 33.4 Å². The fraction of sp³-hybridized carbons (Fsp3) is 0.500. The van der Waals surface area contributed by atoms with Crippen LogP contribution >= 0.6 is 15.9 Å². The quantitative estimate of drug-likeness (QED) is 0.534. The fourth-order valence-corrected chi connectivity index (χ4v) is 4.73. The molecule has 0 aromatic heterocycles. The number of rotatable bonds is 7. The summed E-state index contributed by atoms with van der Waals surface area (Å²) in [7, 11) is 1.68. The molecule has 30 heavy (non-hydrogen) atoms. The van der Waals surface area contributed by atoms with Crippen LogP contribution < -0.4 is 24.3 Å². The van der Waals surface area contributed by atoms with Crippen LogP contribution in [0.25, 0.3) is 0 Å². The van der Waals surface area contributed by atoms with Crippen molar-refractivity contribution in [3.05, 3.63) is 45.9 Å². The van der Waals surface area contributed by atoms with Crippen LogP contribution in [0.15, 0.2) is 34.8 Å². The van der Waals surface area contributed by atoms with Crippen LogP contribution in [0.5, 0.6) is 23.0 Å². The van der Waals surface area contributed by atoms with Crippen molar-refractivity contribution in [1.82, 2.24) is 5.32 Å². The normalized spacial score (nSPS) is 16.7. The zero-order chi connectivity index (χ0) is 20.8. The molecule has 1 saturated carbocycles. The molecule has 0 amide bonds. The van der Waals surface area contributed by atoms with E-state index in [1.54, 1.807) is 7.11 Å². The van der Waals surface area contributed by atoms with E-state index in [0.29, 0.717) is 18.4 Å². The molecule has 2 aliphatic rings. The van der Waals surface area contributed by atoms with Crippen LogP contribution in [0.4, 0.5) is 0 Å². The molecular formula is C24H30BrNO4. The number of hydrogen-bond acceptors (Lipinski definition) is 5. The highest BCUT2D eigenvalue weighted by atomic mass is 79.9. The molecule has 1 heterocycles. The lowest BCUT2D eigenvalue weighted by atomic mass is 9.96. The summed E-state index contributed by atoms with van der Waals surface area (Å²) in [6.45, 7) is 1.53. The summed E-state index contributed by atoms with van der Waals surface area (Å²) in [5, 5.41) is 3.74. The molecule has 1 N–H and O–H groups in total. The third kappa shape index (κ3) is 5.41. The first-order valence-corrected chi connectivity index (χ1v) is 11.6.